The number of carbonyl (C=O) groups excluding carboxylic acids is 2. The second kappa shape index (κ2) is 5.00. The first-order chi connectivity index (χ1) is 11.1. The maximum absolute atomic E-state index is 12.5. The molecule has 0 saturated carbocycles. The fraction of sp³-hybridized carbons (Fsp3) is 0.100. The van der Waals surface area contributed by atoms with E-state index in [0.29, 0.717) is 11.1 Å². The van der Waals surface area contributed by atoms with Crippen LogP contribution in [-0.2, 0) is 0 Å². The van der Waals surface area contributed by atoms with Crippen molar-refractivity contribution in [3.05, 3.63) is 69.4 Å². The predicted molar refractivity (Wildman–Crippen MR) is 93.3 cm³/mol. The Morgan fingerprint density at radius 1 is 0.696 bits per heavy atom. The number of hydrogen-bond acceptors (Lipinski definition) is 3. The van der Waals surface area contributed by atoms with Crippen LogP contribution in [0.1, 0.15) is 30.5 Å². The Labute approximate surface area is 138 Å². The molecule has 2 aromatic carbocycles. The molecule has 3 heteroatoms. The van der Waals surface area contributed by atoms with Crippen LogP contribution >= 0.6 is 11.3 Å². The van der Waals surface area contributed by atoms with E-state index in [9.17, 15) is 9.59 Å². The van der Waals surface area contributed by atoms with Crippen molar-refractivity contribution in [2.75, 3.05) is 0 Å². The van der Waals surface area contributed by atoms with Gasteiger partial charge in [-0.2, -0.15) is 0 Å². The molecule has 112 valence electrons. The number of hydrogen-bond donors (Lipinski definition) is 0. The fourth-order valence-corrected chi connectivity index (χ4v) is 4.16. The Kier molecular flexibility index (Phi) is 3.06. The van der Waals surface area contributed by atoms with Crippen LogP contribution in [0.15, 0.2) is 48.5 Å². The van der Waals surface area contributed by atoms with E-state index in [2.05, 4.69) is 19.9 Å². The van der Waals surface area contributed by atoms with E-state index in [1.54, 1.807) is 23.5 Å². The van der Waals surface area contributed by atoms with E-state index in [-0.39, 0.29) is 0 Å². The number of rotatable bonds is 1. The number of benzene rings is 2. The van der Waals surface area contributed by atoms with Crippen molar-refractivity contribution in [1.29, 1.82) is 0 Å². The molecule has 3 aromatic rings. The molecule has 0 atom stereocenters. The molecule has 1 aliphatic rings. The molecular formula is C20H14O2S. The van der Waals surface area contributed by atoms with Crippen molar-refractivity contribution >= 4 is 22.9 Å². The van der Waals surface area contributed by atoms with Gasteiger partial charge in [0.25, 0.3) is 0 Å². The molecule has 0 radical (unpaired) electrons. The van der Waals surface area contributed by atoms with Crippen LogP contribution in [0.4, 0.5) is 0 Å². The number of thiophene rings is 1. The number of aryl methyl sites for hydroxylation is 2. The van der Waals surface area contributed by atoms with Crippen molar-refractivity contribution in [2.45, 2.75) is 13.8 Å². The van der Waals surface area contributed by atoms with E-state index >= 15 is 0 Å². The summed E-state index contributed by atoms with van der Waals surface area (Å²) in [6, 6.07) is 15.3. The van der Waals surface area contributed by atoms with Crippen LogP contribution in [0, 0.1) is 13.8 Å². The molecule has 1 aromatic heterocycles. The van der Waals surface area contributed by atoms with Gasteiger partial charge in [0.2, 0.25) is 11.6 Å². The zero-order valence-electron chi connectivity index (χ0n) is 12.8. The summed E-state index contributed by atoms with van der Waals surface area (Å²) in [5, 5.41) is 0. The molecule has 2 nitrogen and oxygen atoms in total. The first-order valence-corrected chi connectivity index (χ1v) is 8.28. The van der Waals surface area contributed by atoms with E-state index in [1.165, 1.54) is 9.75 Å². The second-order valence-electron chi connectivity index (χ2n) is 5.79. The summed E-state index contributed by atoms with van der Waals surface area (Å²) in [5.41, 5.74) is 4.82. The lowest BCUT2D eigenvalue weighted by atomic mass is 9.82. The van der Waals surface area contributed by atoms with Crippen molar-refractivity contribution in [1.82, 2.24) is 0 Å². The topological polar surface area (TPSA) is 34.1 Å². The summed E-state index contributed by atoms with van der Waals surface area (Å²) in [5.74, 6) is -0.825. The van der Waals surface area contributed by atoms with Gasteiger partial charge in [0.05, 0.1) is 0 Å². The van der Waals surface area contributed by atoms with Crippen LogP contribution in [0.3, 0.4) is 0 Å². The average Bonchev–Trinajstić information content (AvgIpc) is 2.90. The van der Waals surface area contributed by atoms with Gasteiger partial charge in [-0.25, -0.2) is 0 Å². The van der Waals surface area contributed by atoms with Crippen molar-refractivity contribution < 1.29 is 9.59 Å². The van der Waals surface area contributed by atoms with E-state index < -0.39 is 11.6 Å². The lowest BCUT2D eigenvalue weighted by molar-refractivity contribution is 0.0815. The zero-order chi connectivity index (χ0) is 16.1. The summed E-state index contributed by atoms with van der Waals surface area (Å²) in [6.07, 6.45) is 0. The van der Waals surface area contributed by atoms with Gasteiger partial charge < -0.3 is 0 Å². The Balaban J connectivity index is 1.95. The zero-order valence-corrected chi connectivity index (χ0v) is 13.7. The Morgan fingerprint density at radius 2 is 1.35 bits per heavy atom. The van der Waals surface area contributed by atoms with Gasteiger partial charge in [-0.15, -0.1) is 11.3 Å². The minimum atomic E-state index is -0.413. The third-order valence-corrected chi connectivity index (χ3v) is 5.25. The van der Waals surface area contributed by atoms with Crippen molar-refractivity contribution in [3.63, 3.8) is 0 Å². The molecule has 0 bridgehead atoms. The Hall–Kier alpha value is -2.52. The van der Waals surface area contributed by atoms with Crippen molar-refractivity contribution in [3.8, 4) is 22.3 Å². The van der Waals surface area contributed by atoms with E-state index in [1.807, 2.05) is 30.3 Å². The standard InChI is InChI=1S/C20H14O2S/c1-11-9-17(12(2)23-11)13-7-8-15-14-5-3-4-6-16(14)19(21)20(22)18(15)10-13/h3-10H,1-2H3. The second-order valence-corrected chi connectivity index (χ2v) is 7.25. The molecule has 0 fully saturated rings. The largest absolute Gasteiger partial charge is 0.285 e. The summed E-state index contributed by atoms with van der Waals surface area (Å²) < 4.78 is 0. The van der Waals surface area contributed by atoms with Gasteiger partial charge in [0.15, 0.2) is 0 Å². The fourth-order valence-electron chi connectivity index (χ4n) is 3.21. The predicted octanol–water partition coefficient (Wildman–Crippen LogP) is 5.08. The van der Waals surface area contributed by atoms with Gasteiger partial charge in [-0.3, -0.25) is 9.59 Å². The monoisotopic (exact) mass is 318 g/mol. The highest BCUT2D eigenvalue weighted by Crippen LogP contribution is 2.37. The van der Waals surface area contributed by atoms with Crippen molar-refractivity contribution in [2.24, 2.45) is 0 Å². The normalized spacial score (nSPS) is 13.0. The van der Waals surface area contributed by atoms with Crippen LogP contribution in [0.25, 0.3) is 22.3 Å². The molecule has 0 amide bonds. The Morgan fingerprint density at radius 3 is 2.04 bits per heavy atom. The minimum Gasteiger partial charge on any atom is -0.285 e. The first-order valence-electron chi connectivity index (χ1n) is 7.46. The van der Waals surface area contributed by atoms with Gasteiger partial charge >= 0.3 is 0 Å². The maximum Gasteiger partial charge on any atom is 0.234 e. The quantitative estimate of drug-likeness (QED) is 0.586. The highest BCUT2D eigenvalue weighted by atomic mass is 32.1. The number of fused-ring (bicyclic) bond motifs is 3. The summed E-state index contributed by atoms with van der Waals surface area (Å²) >= 11 is 1.74. The molecular weight excluding hydrogens is 304 g/mol. The third-order valence-electron chi connectivity index (χ3n) is 4.28. The van der Waals surface area contributed by atoms with Gasteiger partial charge in [-0.05, 0) is 48.2 Å². The molecule has 0 spiro atoms. The van der Waals surface area contributed by atoms with Gasteiger partial charge in [-0.1, -0.05) is 36.4 Å². The summed E-state index contributed by atoms with van der Waals surface area (Å²) in [4.78, 5) is 27.3. The lowest BCUT2D eigenvalue weighted by Crippen LogP contribution is -2.21. The van der Waals surface area contributed by atoms with Gasteiger partial charge in [0.1, 0.15) is 0 Å². The number of Topliss-reactive ketones (excluding diaryl/α,β-unsaturated/α-hetero) is 2. The maximum atomic E-state index is 12.5. The van der Waals surface area contributed by atoms with Crippen LogP contribution < -0.4 is 0 Å². The highest BCUT2D eigenvalue weighted by Gasteiger charge is 2.30. The molecule has 1 heterocycles. The smallest absolute Gasteiger partial charge is 0.234 e. The Bertz CT molecular complexity index is 979. The van der Waals surface area contributed by atoms with Crippen LogP contribution in [-0.4, -0.2) is 11.6 Å². The SMILES string of the molecule is Cc1cc(-c2ccc3c(c2)C(=O)C(=O)c2ccccc2-3)c(C)s1. The number of carbonyl (C=O) groups is 2. The third kappa shape index (κ3) is 2.08. The molecule has 4 rings (SSSR count). The molecule has 0 N–H and O–H groups in total. The number of ketones is 2. The minimum absolute atomic E-state index is 0.412. The average molecular weight is 318 g/mol. The van der Waals surface area contributed by atoms with Crippen LogP contribution in [0.5, 0.6) is 0 Å². The van der Waals surface area contributed by atoms with Gasteiger partial charge in [0, 0.05) is 20.9 Å². The highest BCUT2D eigenvalue weighted by molar-refractivity contribution is 7.12. The van der Waals surface area contributed by atoms with E-state index in [4.69, 9.17) is 0 Å². The summed E-state index contributed by atoms with van der Waals surface area (Å²) in [7, 11) is 0. The first kappa shape index (κ1) is 14.1. The van der Waals surface area contributed by atoms with Crippen LogP contribution in [0.2, 0.25) is 0 Å². The molecule has 23 heavy (non-hydrogen) atoms. The molecule has 1 aliphatic carbocycles. The molecule has 0 saturated heterocycles. The molecule has 0 aliphatic heterocycles. The summed E-state index contributed by atoms with van der Waals surface area (Å²) in [6.45, 7) is 4.15. The molecule has 0 unspecified atom stereocenters. The lowest BCUT2D eigenvalue weighted by Gasteiger charge is -2.18. The van der Waals surface area contributed by atoms with E-state index in [0.717, 1.165) is 22.3 Å².